The van der Waals surface area contributed by atoms with Crippen LogP contribution in [-0.4, -0.2) is 64.2 Å². The molecule has 1 N–H and O–H groups in total. The van der Waals surface area contributed by atoms with Crippen LogP contribution in [-0.2, 0) is 26.2 Å². The largest absolute Gasteiger partial charge is 0.497 e. The highest BCUT2D eigenvalue weighted by Gasteiger charge is 2.33. The van der Waals surface area contributed by atoms with E-state index in [1.807, 2.05) is 13.8 Å². The lowest BCUT2D eigenvalue weighted by molar-refractivity contribution is -0.140. The molecule has 0 fully saturated rings. The van der Waals surface area contributed by atoms with E-state index in [2.05, 4.69) is 5.32 Å². The lowest BCUT2D eigenvalue weighted by Gasteiger charge is -2.34. The fraction of sp³-hybridized carbons (Fsp3) is 0.462. The number of nitrogens with one attached hydrogen (secondary N) is 1. The van der Waals surface area contributed by atoms with Crippen molar-refractivity contribution < 1.29 is 27.5 Å². The molecule has 0 radical (unpaired) electrons. The Hall–Kier alpha value is -2.69. The van der Waals surface area contributed by atoms with Crippen molar-refractivity contribution in [1.82, 2.24) is 10.2 Å². The van der Waals surface area contributed by atoms with Crippen molar-refractivity contribution in [3.05, 3.63) is 52.0 Å². The molecule has 2 rings (SSSR count). The number of benzene rings is 2. The van der Waals surface area contributed by atoms with Crippen molar-refractivity contribution >= 4 is 50.7 Å². The van der Waals surface area contributed by atoms with Gasteiger partial charge in [-0.15, -0.1) is 0 Å². The molecule has 12 heteroatoms. The summed E-state index contributed by atoms with van der Waals surface area (Å²) in [6, 6.07) is 8.51. The summed E-state index contributed by atoms with van der Waals surface area (Å²) >= 11 is 12.8. The molecule has 0 bridgehead atoms. The summed E-state index contributed by atoms with van der Waals surface area (Å²) in [6.45, 7) is 4.89. The Morgan fingerprint density at radius 1 is 1.03 bits per heavy atom. The minimum absolute atomic E-state index is 0.0961. The van der Waals surface area contributed by atoms with Crippen molar-refractivity contribution in [2.75, 3.05) is 31.3 Å². The summed E-state index contributed by atoms with van der Waals surface area (Å²) in [4.78, 5) is 28.4. The highest BCUT2D eigenvalue weighted by molar-refractivity contribution is 7.92. The fourth-order valence-electron chi connectivity index (χ4n) is 3.80. The SMILES string of the molecule is CC[C@H](C)NC(=O)[C@H](CC)N(Cc1c(Cl)cccc1Cl)C(=O)CN(c1ccc(OC)cc1OC)S(C)(=O)=O. The first-order valence-corrected chi connectivity index (χ1v) is 14.7. The van der Waals surface area contributed by atoms with Crippen LogP contribution < -0.4 is 19.1 Å². The van der Waals surface area contributed by atoms with Gasteiger partial charge in [-0.2, -0.15) is 0 Å². The van der Waals surface area contributed by atoms with E-state index in [1.165, 1.54) is 31.3 Å². The van der Waals surface area contributed by atoms with Crippen LogP contribution in [0.5, 0.6) is 11.5 Å². The molecule has 2 amide bonds. The molecule has 2 atom stereocenters. The molecule has 0 unspecified atom stereocenters. The normalized spacial score (nSPS) is 12.8. The molecule has 38 heavy (non-hydrogen) atoms. The minimum atomic E-state index is -3.95. The molecule has 0 saturated carbocycles. The van der Waals surface area contributed by atoms with Gasteiger partial charge in [0.05, 0.1) is 26.2 Å². The number of hydrogen-bond acceptors (Lipinski definition) is 6. The van der Waals surface area contributed by atoms with E-state index in [0.717, 1.165) is 10.6 Å². The quantitative estimate of drug-likeness (QED) is 0.370. The van der Waals surface area contributed by atoms with Crippen molar-refractivity contribution in [1.29, 1.82) is 0 Å². The van der Waals surface area contributed by atoms with Crippen LogP contribution in [0.25, 0.3) is 0 Å². The van der Waals surface area contributed by atoms with Crippen LogP contribution in [0, 0.1) is 0 Å². The number of methoxy groups -OCH3 is 2. The molecular weight excluding hydrogens is 553 g/mol. The Kier molecular flexibility index (Phi) is 11.5. The third-order valence-corrected chi connectivity index (χ3v) is 7.95. The van der Waals surface area contributed by atoms with E-state index in [-0.39, 0.29) is 36.4 Å². The molecule has 9 nitrogen and oxygen atoms in total. The van der Waals surface area contributed by atoms with Gasteiger partial charge in [0.1, 0.15) is 24.1 Å². The van der Waals surface area contributed by atoms with Crippen LogP contribution in [0.3, 0.4) is 0 Å². The predicted octanol–water partition coefficient (Wildman–Crippen LogP) is 4.50. The van der Waals surface area contributed by atoms with Gasteiger partial charge in [0.2, 0.25) is 21.8 Å². The molecular formula is C26H35Cl2N3O6S. The Morgan fingerprint density at radius 2 is 1.66 bits per heavy atom. The van der Waals surface area contributed by atoms with E-state index in [0.29, 0.717) is 27.8 Å². The first kappa shape index (κ1) is 31.5. The first-order valence-electron chi connectivity index (χ1n) is 12.1. The first-order chi connectivity index (χ1) is 17.9. The van der Waals surface area contributed by atoms with E-state index < -0.39 is 28.5 Å². The van der Waals surface area contributed by atoms with E-state index in [1.54, 1.807) is 31.2 Å². The lowest BCUT2D eigenvalue weighted by atomic mass is 10.1. The summed E-state index contributed by atoms with van der Waals surface area (Å²) in [6.07, 6.45) is 1.97. The summed E-state index contributed by atoms with van der Waals surface area (Å²) < 4.78 is 37.3. The Bertz CT molecular complexity index is 1220. The number of rotatable bonds is 13. The number of carbonyl (C=O) groups is 2. The van der Waals surface area contributed by atoms with Crippen LogP contribution in [0.1, 0.15) is 39.2 Å². The second-order valence-electron chi connectivity index (χ2n) is 8.77. The molecule has 0 heterocycles. The predicted molar refractivity (Wildman–Crippen MR) is 151 cm³/mol. The van der Waals surface area contributed by atoms with Gasteiger partial charge in [0.15, 0.2) is 0 Å². The second kappa shape index (κ2) is 13.9. The van der Waals surface area contributed by atoms with E-state index in [9.17, 15) is 18.0 Å². The Labute approximate surface area is 235 Å². The zero-order valence-electron chi connectivity index (χ0n) is 22.5. The number of ether oxygens (including phenoxy) is 2. The fourth-order valence-corrected chi connectivity index (χ4v) is 5.17. The topological polar surface area (TPSA) is 105 Å². The van der Waals surface area contributed by atoms with Crippen LogP contribution >= 0.6 is 23.2 Å². The number of hydrogen-bond donors (Lipinski definition) is 1. The minimum Gasteiger partial charge on any atom is -0.497 e. The van der Waals surface area contributed by atoms with E-state index in [4.69, 9.17) is 32.7 Å². The third kappa shape index (κ3) is 7.91. The smallest absolute Gasteiger partial charge is 0.244 e. The number of halogens is 2. The van der Waals surface area contributed by atoms with Crippen LogP contribution in [0.4, 0.5) is 5.69 Å². The average molecular weight is 589 g/mol. The van der Waals surface area contributed by atoms with Gasteiger partial charge in [0.25, 0.3) is 0 Å². The number of carbonyl (C=O) groups excluding carboxylic acids is 2. The van der Waals surface area contributed by atoms with Gasteiger partial charge in [-0.1, -0.05) is 43.1 Å². The maximum atomic E-state index is 13.9. The molecule has 0 aromatic heterocycles. The van der Waals surface area contributed by atoms with Gasteiger partial charge in [-0.25, -0.2) is 8.42 Å². The average Bonchev–Trinajstić information content (AvgIpc) is 2.87. The highest BCUT2D eigenvalue weighted by atomic mass is 35.5. The molecule has 0 spiro atoms. The highest BCUT2D eigenvalue weighted by Crippen LogP contribution is 2.34. The van der Waals surface area contributed by atoms with E-state index >= 15 is 0 Å². The molecule has 0 aliphatic heterocycles. The number of anilines is 1. The maximum Gasteiger partial charge on any atom is 0.244 e. The Morgan fingerprint density at radius 3 is 2.16 bits per heavy atom. The molecule has 0 saturated heterocycles. The molecule has 0 aliphatic rings. The monoisotopic (exact) mass is 587 g/mol. The summed E-state index contributed by atoms with van der Waals surface area (Å²) in [5.41, 5.74) is 0.601. The molecule has 0 aliphatic carbocycles. The lowest BCUT2D eigenvalue weighted by Crippen LogP contribution is -2.53. The van der Waals surface area contributed by atoms with Crippen LogP contribution in [0.15, 0.2) is 36.4 Å². The van der Waals surface area contributed by atoms with Crippen LogP contribution in [0.2, 0.25) is 10.0 Å². The van der Waals surface area contributed by atoms with Gasteiger partial charge < -0.3 is 19.7 Å². The Balaban J connectivity index is 2.57. The number of amides is 2. The number of sulfonamides is 1. The molecule has 210 valence electrons. The van der Waals surface area contributed by atoms with Crippen molar-refractivity contribution in [2.45, 2.75) is 52.2 Å². The summed E-state index contributed by atoms with van der Waals surface area (Å²) in [5.74, 6) is -0.320. The van der Waals surface area contributed by atoms with Gasteiger partial charge in [0, 0.05) is 34.3 Å². The van der Waals surface area contributed by atoms with Crippen molar-refractivity contribution in [2.24, 2.45) is 0 Å². The van der Waals surface area contributed by atoms with Crippen molar-refractivity contribution in [3.8, 4) is 11.5 Å². The van der Waals surface area contributed by atoms with Crippen molar-refractivity contribution in [3.63, 3.8) is 0 Å². The number of nitrogens with zero attached hydrogens (tertiary/aromatic N) is 2. The molecule has 2 aromatic rings. The standard InChI is InChI=1S/C26H35Cl2N3O6S/c1-7-17(3)29-26(33)22(8-2)30(15-19-20(27)10-9-11-21(19)28)25(32)16-31(38(6,34)35)23-13-12-18(36-4)14-24(23)37-5/h9-14,17,22H,7-8,15-16H2,1-6H3,(H,29,33)/t17-,22-/m0/s1. The van der Waals surface area contributed by atoms with Gasteiger partial charge in [-0.05, 0) is 44.0 Å². The third-order valence-electron chi connectivity index (χ3n) is 6.11. The van der Waals surface area contributed by atoms with Gasteiger partial charge >= 0.3 is 0 Å². The molecule has 2 aromatic carbocycles. The zero-order chi connectivity index (χ0) is 28.6. The maximum absolute atomic E-state index is 13.9. The second-order valence-corrected chi connectivity index (χ2v) is 11.5. The summed E-state index contributed by atoms with van der Waals surface area (Å²) in [7, 11) is -1.09. The zero-order valence-corrected chi connectivity index (χ0v) is 24.8. The summed E-state index contributed by atoms with van der Waals surface area (Å²) in [5, 5.41) is 3.56. The van der Waals surface area contributed by atoms with Gasteiger partial charge in [-0.3, -0.25) is 13.9 Å².